The smallest absolute Gasteiger partial charge is 0.223 e. The van der Waals surface area contributed by atoms with Crippen molar-refractivity contribution in [3.05, 3.63) is 29.8 Å². The van der Waals surface area contributed by atoms with Gasteiger partial charge in [0.25, 0.3) is 0 Å². The number of rotatable bonds is 6. The zero-order valence-corrected chi connectivity index (χ0v) is 13.6. The molecular formula is C17H26N2O3. The van der Waals surface area contributed by atoms with Crippen molar-refractivity contribution in [2.45, 2.75) is 45.4 Å². The fourth-order valence-electron chi connectivity index (χ4n) is 2.45. The summed E-state index contributed by atoms with van der Waals surface area (Å²) in [6, 6.07) is 7.82. The zero-order valence-electron chi connectivity index (χ0n) is 13.6. The van der Waals surface area contributed by atoms with Gasteiger partial charge in [-0.25, -0.2) is 0 Å². The van der Waals surface area contributed by atoms with Gasteiger partial charge in [0.15, 0.2) is 0 Å². The molecule has 2 unspecified atom stereocenters. The van der Waals surface area contributed by atoms with E-state index < -0.39 is 0 Å². The third kappa shape index (κ3) is 5.31. The lowest BCUT2D eigenvalue weighted by atomic mass is 10.1. The van der Waals surface area contributed by atoms with Crippen LogP contribution in [0.4, 0.5) is 0 Å². The summed E-state index contributed by atoms with van der Waals surface area (Å²) in [6.07, 6.45) is 0.529. The maximum atomic E-state index is 12.1. The van der Waals surface area contributed by atoms with Gasteiger partial charge >= 0.3 is 0 Å². The number of morpholine rings is 1. The lowest BCUT2D eigenvalue weighted by Crippen LogP contribution is -2.41. The van der Waals surface area contributed by atoms with Gasteiger partial charge in [0, 0.05) is 13.1 Å². The van der Waals surface area contributed by atoms with Crippen LogP contribution in [0.5, 0.6) is 5.75 Å². The molecule has 0 bridgehead atoms. The number of nitrogens with one attached hydrogen (secondary N) is 2. The van der Waals surface area contributed by atoms with Crippen molar-refractivity contribution in [3.8, 4) is 5.75 Å². The van der Waals surface area contributed by atoms with E-state index in [9.17, 15) is 4.79 Å². The van der Waals surface area contributed by atoms with Gasteiger partial charge in [0.1, 0.15) is 5.75 Å². The van der Waals surface area contributed by atoms with E-state index in [-0.39, 0.29) is 24.2 Å². The maximum Gasteiger partial charge on any atom is 0.223 e. The first-order valence-electron chi connectivity index (χ1n) is 7.93. The second kappa shape index (κ2) is 8.15. The Hall–Kier alpha value is -1.59. The molecule has 5 nitrogen and oxygen atoms in total. The molecule has 2 N–H and O–H groups in total. The monoisotopic (exact) mass is 306 g/mol. The minimum Gasteiger partial charge on any atom is -0.491 e. The fraction of sp³-hybridized carbons (Fsp3) is 0.588. The van der Waals surface area contributed by atoms with Gasteiger partial charge in [0.2, 0.25) is 5.91 Å². The molecule has 1 fully saturated rings. The molecule has 1 aliphatic rings. The Labute approximate surface area is 132 Å². The van der Waals surface area contributed by atoms with E-state index in [0.29, 0.717) is 13.0 Å². The molecule has 1 heterocycles. The Bertz CT molecular complexity index is 467. The summed E-state index contributed by atoms with van der Waals surface area (Å²) in [4.78, 5) is 12.1. The van der Waals surface area contributed by atoms with Crippen LogP contribution in [-0.2, 0) is 9.53 Å². The van der Waals surface area contributed by atoms with Crippen LogP contribution in [0, 0.1) is 0 Å². The van der Waals surface area contributed by atoms with E-state index in [1.54, 1.807) is 0 Å². The summed E-state index contributed by atoms with van der Waals surface area (Å²) in [6.45, 7) is 8.25. The number of hydrogen-bond donors (Lipinski definition) is 2. The molecule has 2 atom stereocenters. The first-order valence-corrected chi connectivity index (χ1v) is 7.93. The van der Waals surface area contributed by atoms with Crippen LogP contribution in [0.25, 0.3) is 0 Å². The lowest BCUT2D eigenvalue weighted by Gasteiger charge is -2.24. The molecule has 0 radical (unpaired) electrons. The van der Waals surface area contributed by atoms with E-state index in [1.807, 2.05) is 45.0 Å². The predicted octanol–water partition coefficient (Wildman–Crippen LogP) is 2.03. The fourth-order valence-corrected chi connectivity index (χ4v) is 2.45. The second-order valence-corrected chi connectivity index (χ2v) is 5.93. The van der Waals surface area contributed by atoms with Gasteiger partial charge in [-0.15, -0.1) is 0 Å². The van der Waals surface area contributed by atoms with Gasteiger partial charge in [0.05, 0.1) is 31.3 Å². The van der Waals surface area contributed by atoms with Gasteiger partial charge in [-0.3, -0.25) is 4.79 Å². The predicted molar refractivity (Wildman–Crippen MR) is 86.0 cm³/mol. The van der Waals surface area contributed by atoms with Crippen molar-refractivity contribution in [2.24, 2.45) is 0 Å². The topological polar surface area (TPSA) is 59.6 Å². The lowest BCUT2D eigenvalue weighted by molar-refractivity contribution is -0.125. The van der Waals surface area contributed by atoms with E-state index in [4.69, 9.17) is 9.47 Å². The summed E-state index contributed by atoms with van der Waals surface area (Å²) in [7, 11) is 0. The Kier molecular flexibility index (Phi) is 6.21. The average molecular weight is 306 g/mol. The van der Waals surface area contributed by atoms with Crippen molar-refractivity contribution in [3.63, 3.8) is 0 Å². The summed E-state index contributed by atoms with van der Waals surface area (Å²) < 4.78 is 11.2. The number of benzene rings is 1. The molecule has 1 amide bonds. The van der Waals surface area contributed by atoms with Gasteiger partial charge < -0.3 is 20.1 Å². The van der Waals surface area contributed by atoms with Gasteiger partial charge in [-0.2, -0.15) is 0 Å². The SMILES string of the molecule is CC(C)Oc1ccc(C(C)NC(=O)CC2CNCCO2)cc1. The molecule has 0 aliphatic carbocycles. The number of hydrogen-bond acceptors (Lipinski definition) is 4. The zero-order chi connectivity index (χ0) is 15.9. The Morgan fingerprint density at radius 1 is 1.36 bits per heavy atom. The molecule has 5 heteroatoms. The maximum absolute atomic E-state index is 12.1. The molecule has 122 valence electrons. The first kappa shape index (κ1) is 16.8. The van der Waals surface area contributed by atoms with E-state index in [0.717, 1.165) is 24.4 Å². The van der Waals surface area contributed by atoms with Crippen molar-refractivity contribution < 1.29 is 14.3 Å². The molecule has 22 heavy (non-hydrogen) atoms. The van der Waals surface area contributed by atoms with Crippen molar-refractivity contribution in [1.82, 2.24) is 10.6 Å². The third-order valence-electron chi connectivity index (χ3n) is 3.55. The van der Waals surface area contributed by atoms with Gasteiger partial charge in [-0.1, -0.05) is 12.1 Å². The number of ether oxygens (including phenoxy) is 2. The van der Waals surface area contributed by atoms with E-state index in [1.165, 1.54) is 0 Å². The van der Waals surface area contributed by atoms with Crippen LogP contribution in [-0.4, -0.2) is 37.8 Å². The number of carbonyl (C=O) groups is 1. The normalized spacial score (nSPS) is 19.7. The molecule has 1 aliphatic heterocycles. The standard InChI is InChI=1S/C17H26N2O3/c1-12(2)22-15-6-4-14(5-7-15)13(3)19-17(20)10-16-11-18-8-9-21-16/h4-7,12-13,16,18H,8-11H2,1-3H3,(H,19,20). The van der Waals surface area contributed by atoms with Crippen molar-refractivity contribution >= 4 is 5.91 Å². The average Bonchev–Trinajstić information content (AvgIpc) is 2.48. The highest BCUT2D eigenvalue weighted by atomic mass is 16.5. The minimum absolute atomic E-state index is 0.0173. The second-order valence-electron chi connectivity index (χ2n) is 5.93. The Balaban J connectivity index is 1.82. The summed E-state index contributed by atoms with van der Waals surface area (Å²) in [5.41, 5.74) is 1.06. The molecule has 0 saturated carbocycles. The van der Waals surface area contributed by atoms with Crippen LogP contribution < -0.4 is 15.4 Å². The number of amides is 1. The highest BCUT2D eigenvalue weighted by Gasteiger charge is 2.18. The van der Waals surface area contributed by atoms with Crippen molar-refractivity contribution in [2.75, 3.05) is 19.7 Å². The highest BCUT2D eigenvalue weighted by molar-refractivity contribution is 5.77. The van der Waals surface area contributed by atoms with Crippen molar-refractivity contribution in [1.29, 1.82) is 0 Å². The largest absolute Gasteiger partial charge is 0.491 e. The van der Waals surface area contributed by atoms with Crippen LogP contribution in [0.1, 0.15) is 38.8 Å². The summed E-state index contributed by atoms with van der Waals surface area (Å²) >= 11 is 0. The molecule has 1 aromatic carbocycles. The van der Waals surface area contributed by atoms with Crippen LogP contribution in [0.2, 0.25) is 0 Å². The molecule has 0 aromatic heterocycles. The number of carbonyl (C=O) groups excluding carboxylic acids is 1. The Morgan fingerprint density at radius 3 is 2.68 bits per heavy atom. The molecule has 1 saturated heterocycles. The minimum atomic E-state index is -0.0304. The molecular weight excluding hydrogens is 280 g/mol. The summed E-state index contributed by atoms with van der Waals surface area (Å²) in [5.74, 6) is 0.864. The quantitative estimate of drug-likeness (QED) is 0.844. The molecule has 1 aromatic rings. The van der Waals surface area contributed by atoms with Crippen LogP contribution >= 0.6 is 0 Å². The first-order chi connectivity index (χ1) is 10.5. The molecule has 0 spiro atoms. The molecule has 2 rings (SSSR count). The Morgan fingerprint density at radius 2 is 2.09 bits per heavy atom. The highest BCUT2D eigenvalue weighted by Crippen LogP contribution is 2.18. The van der Waals surface area contributed by atoms with Gasteiger partial charge in [-0.05, 0) is 38.5 Å². The van der Waals surface area contributed by atoms with E-state index in [2.05, 4.69) is 10.6 Å². The van der Waals surface area contributed by atoms with Crippen LogP contribution in [0.15, 0.2) is 24.3 Å². The van der Waals surface area contributed by atoms with Crippen LogP contribution in [0.3, 0.4) is 0 Å². The third-order valence-corrected chi connectivity index (χ3v) is 3.55. The summed E-state index contributed by atoms with van der Waals surface area (Å²) in [5, 5.41) is 6.24. The van der Waals surface area contributed by atoms with E-state index >= 15 is 0 Å².